The van der Waals surface area contributed by atoms with Gasteiger partial charge >= 0.3 is 0 Å². The summed E-state index contributed by atoms with van der Waals surface area (Å²) in [5.74, 6) is 0. The second kappa shape index (κ2) is 4.87. The van der Waals surface area contributed by atoms with Gasteiger partial charge in [-0.2, -0.15) is 0 Å². The number of nitrogens with zero attached hydrogens (tertiary/aromatic N) is 1. The highest BCUT2D eigenvalue weighted by molar-refractivity contribution is 6.31. The standard InChI is InChI=1S/C16H17ClN2/c1-11-6-7-16-13(8-11)15(18)10-19(16)9-12-4-2-3-5-14(12)17/h2-8,15H,9-10,18H2,1H3. The molecule has 2 nitrogen and oxygen atoms in total. The Morgan fingerprint density at radius 3 is 2.84 bits per heavy atom. The average molecular weight is 273 g/mol. The number of hydrogen-bond donors (Lipinski definition) is 1. The molecule has 0 bridgehead atoms. The molecule has 1 atom stereocenters. The minimum Gasteiger partial charge on any atom is -0.365 e. The first-order valence-electron chi connectivity index (χ1n) is 6.49. The molecular formula is C16H17ClN2. The monoisotopic (exact) mass is 272 g/mol. The number of rotatable bonds is 2. The first-order valence-corrected chi connectivity index (χ1v) is 6.87. The van der Waals surface area contributed by atoms with E-state index in [4.69, 9.17) is 17.3 Å². The van der Waals surface area contributed by atoms with Crippen molar-refractivity contribution in [2.24, 2.45) is 5.73 Å². The fraction of sp³-hybridized carbons (Fsp3) is 0.250. The van der Waals surface area contributed by atoms with E-state index in [0.717, 1.165) is 23.7 Å². The van der Waals surface area contributed by atoms with E-state index in [1.54, 1.807) is 0 Å². The zero-order valence-corrected chi connectivity index (χ0v) is 11.7. The Morgan fingerprint density at radius 1 is 1.26 bits per heavy atom. The summed E-state index contributed by atoms with van der Waals surface area (Å²) in [6.45, 7) is 3.76. The Hall–Kier alpha value is -1.51. The van der Waals surface area contributed by atoms with Crippen LogP contribution in [0, 0.1) is 6.92 Å². The third kappa shape index (κ3) is 2.34. The molecule has 0 radical (unpaired) electrons. The summed E-state index contributed by atoms with van der Waals surface area (Å²) in [4.78, 5) is 2.31. The second-order valence-corrected chi connectivity index (χ2v) is 5.55. The van der Waals surface area contributed by atoms with Gasteiger partial charge in [0.15, 0.2) is 0 Å². The number of halogens is 1. The zero-order chi connectivity index (χ0) is 13.4. The summed E-state index contributed by atoms with van der Waals surface area (Å²) >= 11 is 6.23. The molecule has 0 aromatic heterocycles. The van der Waals surface area contributed by atoms with E-state index in [0.29, 0.717) is 0 Å². The average Bonchev–Trinajstić information content (AvgIpc) is 2.69. The molecule has 1 aliphatic rings. The van der Waals surface area contributed by atoms with Gasteiger partial charge in [0.2, 0.25) is 0 Å². The van der Waals surface area contributed by atoms with Crippen LogP contribution in [0.25, 0.3) is 0 Å². The lowest BCUT2D eigenvalue weighted by molar-refractivity contribution is 0.720. The maximum atomic E-state index is 6.23. The Morgan fingerprint density at radius 2 is 2.05 bits per heavy atom. The molecule has 1 heterocycles. The Bertz CT molecular complexity index is 609. The van der Waals surface area contributed by atoms with Crippen molar-refractivity contribution >= 4 is 17.3 Å². The quantitative estimate of drug-likeness (QED) is 0.904. The number of hydrogen-bond acceptors (Lipinski definition) is 2. The number of nitrogens with two attached hydrogens (primary N) is 1. The van der Waals surface area contributed by atoms with Crippen LogP contribution < -0.4 is 10.6 Å². The van der Waals surface area contributed by atoms with Crippen molar-refractivity contribution in [1.29, 1.82) is 0 Å². The van der Waals surface area contributed by atoms with Crippen LogP contribution in [-0.2, 0) is 6.54 Å². The summed E-state index contributed by atoms with van der Waals surface area (Å²) in [5.41, 5.74) is 11.1. The molecule has 0 aliphatic carbocycles. The van der Waals surface area contributed by atoms with Crippen LogP contribution in [0.2, 0.25) is 5.02 Å². The lowest BCUT2D eigenvalue weighted by atomic mass is 10.1. The smallest absolute Gasteiger partial charge is 0.0494 e. The van der Waals surface area contributed by atoms with Gasteiger partial charge in [-0.25, -0.2) is 0 Å². The van der Waals surface area contributed by atoms with Crippen molar-refractivity contribution in [2.45, 2.75) is 19.5 Å². The summed E-state index contributed by atoms with van der Waals surface area (Å²) in [5, 5.41) is 0.816. The topological polar surface area (TPSA) is 29.3 Å². The van der Waals surface area contributed by atoms with Gasteiger partial charge in [-0.15, -0.1) is 0 Å². The number of fused-ring (bicyclic) bond motifs is 1. The van der Waals surface area contributed by atoms with Gasteiger partial charge in [-0.3, -0.25) is 0 Å². The lowest BCUT2D eigenvalue weighted by Gasteiger charge is -2.20. The van der Waals surface area contributed by atoms with E-state index < -0.39 is 0 Å². The Labute approximate surface area is 118 Å². The maximum Gasteiger partial charge on any atom is 0.0494 e. The van der Waals surface area contributed by atoms with Crippen molar-refractivity contribution < 1.29 is 0 Å². The molecule has 1 aliphatic heterocycles. The summed E-state index contributed by atoms with van der Waals surface area (Å²) in [6.07, 6.45) is 0. The number of anilines is 1. The van der Waals surface area contributed by atoms with E-state index in [-0.39, 0.29) is 6.04 Å². The molecule has 0 saturated heterocycles. The highest BCUT2D eigenvalue weighted by Crippen LogP contribution is 2.35. The Balaban J connectivity index is 1.91. The van der Waals surface area contributed by atoms with Crippen molar-refractivity contribution in [3.8, 4) is 0 Å². The van der Waals surface area contributed by atoms with Gasteiger partial charge < -0.3 is 10.6 Å². The lowest BCUT2D eigenvalue weighted by Crippen LogP contribution is -2.24. The molecule has 1 unspecified atom stereocenters. The first kappa shape index (κ1) is 12.5. The van der Waals surface area contributed by atoms with Gasteiger partial charge in [0.1, 0.15) is 0 Å². The fourth-order valence-electron chi connectivity index (χ4n) is 2.68. The first-order chi connectivity index (χ1) is 9.15. The van der Waals surface area contributed by atoms with E-state index in [1.165, 1.54) is 16.8 Å². The van der Waals surface area contributed by atoms with E-state index in [1.807, 2.05) is 18.2 Å². The molecule has 0 spiro atoms. The van der Waals surface area contributed by atoms with Crippen molar-refractivity contribution in [3.05, 3.63) is 64.2 Å². The minimum absolute atomic E-state index is 0.0948. The largest absolute Gasteiger partial charge is 0.365 e. The number of aryl methyl sites for hydroxylation is 1. The molecule has 0 amide bonds. The van der Waals surface area contributed by atoms with Crippen molar-refractivity contribution in [3.63, 3.8) is 0 Å². The minimum atomic E-state index is 0.0948. The zero-order valence-electron chi connectivity index (χ0n) is 10.9. The van der Waals surface area contributed by atoms with Crippen LogP contribution >= 0.6 is 11.6 Å². The highest BCUT2D eigenvalue weighted by Gasteiger charge is 2.26. The molecule has 2 aromatic rings. The second-order valence-electron chi connectivity index (χ2n) is 5.14. The van der Waals surface area contributed by atoms with Gasteiger partial charge in [0, 0.05) is 29.8 Å². The van der Waals surface area contributed by atoms with Crippen LogP contribution in [0.4, 0.5) is 5.69 Å². The van der Waals surface area contributed by atoms with Gasteiger partial charge in [-0.1, -0.05) is 47.5 Å². The predicted molar refractivity (Wildman–Crippen MR) is 80.6 cm³/mol. The summed E-state index contributed by atoms with van der Waals surface area (Å²) in [6, 6.07) is 14.6. The van der Waals surface area contributed by atoms with Crippen LogP contribution in [0.1, 0.15) is 22.7 Å². The van der Waals surface area contributed by atoms with E-state index in [9.17, 15) is 0 Å². The van der Waals surface area contributed by atoms with Gasteiger partial charge in [-0.05, 0) is 30.2 Å². The summed E-state index contributed by atoms with van der Waals surface area (Å²) in [7, 11) is 0. The molecular weight excluding hydrogens is 256 g/mol. The van der Waals surface area contributed by atoms with E-state index in [2.05, 4.69) is 36.1 Å². The molecule has 19 heavy (non-hydrogen) atoms. The Kier molecular flexibility index (Phi) is 3.21. The molecule has 3 rings (SSSR count). The van der Waals surface area contributed by atoms with Crippen LogP contribution in [0.5, 0.6) is 0 Å². The van der Waals surface area contributed by atoms with Crippen molar-refractivity contribution in [1.82, 2.24) is 0 Å². The molecule has 2 N–H and O–H groups in total. The van der Waals surface area contributed by atoms with E-state index >= 15 is 0 Å². The van der Waals surface area contributed by atoms with Crippen LogP contribution in [-0.4, -0.2) is 6.54 Å². The molecule has 3 heteroatoms. The normalized spacial score (nSPS) is 17.6. The SMILES string of the molecule is Cc1ccc2c(c1)C(N)CN2Cc1ccccc1Cl. The third-order valence-electron chi connectivity index (χ3n) is 3.66. The molecule has 0 saturated carbocycles. The van der Waals surface area contributed by atoms with Gasteiger partial charge in [0.05, 0.1) is 0 Å². The maximum absolute atomic E-state index is 6.23. The molecule has 98 valence electrons. The predicted octanol–water partition coefficient (Wildman–Crippen LogP) is 3.67. The van der Waals surface area contributed by atoms with Gasteiger partial charge in [0.25, 0.3) is 0 Å². The van der Waals surface area contributed by atoms with Crippen LogP contribution in [0.3, 0.4) is 0 Å². The summed E-state index contributed by atoms with van der Waals surface area (Å²) < 4.78 is 0. The molecule has 0 fully saturated rings. The van der Waals surface area contributed by atoms with Crippen LogP contribution in [0.15, 0.2) is 42.5 Å². The van der Waals surface area contributed by atoms with Crippen molar-refractivity contribution in [2.75, 3.05) is 11.4 Å². The highest BCUT2D eigenvalue weighted by atomic mass is 35.5. The fourth-order valence-corrected chi connectivity index (χ4v) is 2.87. The number of benzene rings is 2. The molecule has 2 aromatic carbocycles. The third-order valence-corrected chi connectivity index (χ3v) is 4.03.